The minimum Gasteiger partial charge on any atom is -0.478 e. The van der Waals surface area contributed by atoms with Crippen LogP contribution in [0.3, 0.4) is 0 Å². The predicted molar refractivity (Wildman–Crippen MR) is 69.4 cm³/mol. The van der Waals surface area contributed by atoms with E-state index >= 15 is 0 Å². The third-order valence-electron chi connectivity index (χ3n) is 6.35. The van der Waals surface area contributed by atoms with E-state index in [4.69, 9.17) is 0 Å². The van der Waals surface area contributed by atoms with Gasteiger partial charge in [-0.3, -0.25) is 0 Å². The second-order valence-electron chi connectivity index (χ2n) is 7.40. The maximum atomic E-state index is 11.3. The summed E-state index contributed by atoms with van der Waals surface area (Å²) in [5, 5.41) is 29.8. The number of hydrogen-bond acceptors (Lipinski definition) is 3. The van der Waals surface area contributed by atoms with Crippen molar-refractivity contribution in [2.75, 3.05) is 0 Å². The van der Waals surface area contributed by atoms with E-state index in [-0.39, 0.29) is 16.7 Å². The fraction of sp³-hybridized carbons (Fsp3) is 0.800. The second kappa shape index (κ2) is 3.41. The van der Waals surface area contributed by atoms with E-state index in [0.717, 1.165) is 6.42 Å². The van der Waals surface area contributed by atoms with Gasteiger partial charge in [-0.1, -0.05) is 26.8 Å². The highest BCUT2D eigenvalue weighted by atomic mass is 16.4. The summed E-state index contributed by atoms with van der Waals surface area (Å²) in [6.07, 6.45) is 2.39. The molecule has 0 aromatic rings. The average Bonchev–Trinajstić information content (AvgIpc) is 3.04. The number of aliphatic carboxylic acids is 1. The molecule has 2 fully saturated rings. The van der Waals surface area contributed by atoms with Crippen molar-refractivity contribution in [3.8, 4) is 0 Å². The van der Waals surface area contributed by atoms with Crippen LogP contribution in [-0.2, 0) is 4.79 Å². The first-order valence-electron chi connectivity index (χ1n) is 6.97. The van der Waals surface area contributed by atoms with Crippen molar-refractivity contribution < 1.29 is 20.1 Å². The Kier molecular flexibility index (Phi) is 2.36. The summed E-state index contributed by atoms with van der Waals surface area (Å²) < 4.78 is 0. The number of carbonyl (C=O) groups is 1. The molecule has 4 heteroatoms. The molecule has 5 atom stereocenters. The molecule has 0 aromatic carbocycles. The van der Waals surface area contributed by atoms with Gasteiger partial charge in [0.1, 0.15) is 0 Å². The number of aliphatic hydroxyl groups excluding tert-OH is 2. The Labute approximate surface area is 113 Å². The number of allylic oxidation sites excluding steroid dienone is 1. The molecule has 106 valence electrons. The van der Waals surface area contributed by atoms with E-state index in [1.807, 2.05) is 19.9 Å². The van der Waals surface area contributed by atoms with E-state index < -0.39 is 23.6 Å². The molecule has 0 aromatic heterocycles. The first-order valence-corrected chi connectivity index (χ1v) is 6.97. The third kappa shape index (κ3) is 1.29. The predicted octanol–water partition coefficient (Wildman–Crippen LogP) is 1.57. The summed E-state index contributed by atoms with van der Waals surface area (Å²) in [6.45, 7) is 6.09. The quantitative estimate of drug-likeness (QED) is 0.673. The molecule has 3 N–H and O–H groups in total. The zero-order chi connectivity index (χ0) is 14.2. The van der Waals surface area contributed by atoms with E-state index in [0.29, 0.717) is 18.4 Å². The Morgan fingerprint density at radius 1 is 1.26 bits per heavy atom. The Bertz CT molecular complexity index is 481. The van der Waals surface area contributed by atoms with E-state index in [9.17, 15) is 20.1 Å². The highest BCUT2D eigenvalue weighted by molar-refractivity contribution is 5.88. The maximum Gasteiger partial charge on any atom is 0.331 e. The molecule has 0 heterocycles. The minimum atomic E-state index is -0.833. The van der Waals surface area contributed by atoms with Gasteiger partial charge in [0.05, 0.1) is 12.2 Å². The fourth-order valence-electron chi connectivity index (χ4n) is 5.27. The Morgan fingerprint density at radius 3 is 2.47 bits per heavy atom. The summed E-state index contributed by atoms with van der Waals surface area (Å²) in [5.41, 5.74) is -0.243. The number of carboxylic acids is 1. The van der Waals surface area contributed by atoms with Gasteiger partial charge in [-0.05, 0) is 41.4 Å². The maximum absolute atomic E-state index is 11.3. The number of hydrogen-bond donors (Lipinski definition) is 3. The van der Waals surface area contributed by atoms with Crippen molar-refractivity contribution >= 4 is 5.97 Å². The summed E-state index contributed by atoms with van der Waals surface area (Å²) >= 11 is 0. The van der Waals surface area contributed by atoms with Gasteiger partial charge in [-0.25, -0.2) is 4.79 Å². The topological polar surface area (TPSA) is 77.8 Å². The van der Waals surface area contributed by atoms with Crippen LogP contribution < -0.4 is 0 Å². The van der Waals surface area contributed by atoms with Gasteiger partial charge in [0, 0.05) is 5.57 Å². The number of carboxylic acid groups (broad SMARTS) is 1. The minimum absolute atomic E-state index is 0.0286. The smallest absolute Gasteiger partial charge is 0.331 e. The first-order chi connectivity index (χ1) is 8.67. The second-order valence-corrected chi connectivity index (χ2v) is 7.40. The molecule has 0 amide bonds. The normalized spacial score (nSPS) is 50.8. The van der Waals surface area contributed by atoms with E-state index in [2.05, 4.69) is 6.92 Å². The molecule has 3 aliphatic carbocycles. The van der Waals surface area contributed by atoms with Crippen LogP contribution in [0, 0.1) is 22.2 Å². The zero-order valence-electron chi connectivity index (χ0n) is 11.7. The van der Waals surface area contributed by atoms with Gasteiger partial charge in [0.15, 0.2) is 0 Å². The summed E-state index contributed by atoms with van der Waals surface area (Å²) in [4.78, 5) is 11.3. The summed E-state index contributed by atoms with van der Waals surface area (Å²) in [5.74, 6) is -0.804. The average molecular weight is 266 g/mol. The van der Waals surface area contributed by atoms with Crippen LogP contribution in [0.2, 0.25) is 0 Å². The molecule has 5 unspecified atom stereocenters. The van der Waals surface area contributed by atoms with Crippen LogP contribution in [0.15, 0.2) is 11.6 Å². The van der Waals surface area contributed by atoms with Crippen molar-refractivity contribution in [1.82, 2.24) is 0 Å². The highest BCUT2D eigenvalue weighted by Crippen LogP contribution is 2.80. The van der Waals surface area contributed by atoms with Gasteiger partial charge in [0.25, 0.3) is 0 Å². The number of rotatable bonds is 1. The molecule has 1 spiro atoms. The lowest BCUT2D eigenvalue weighted by molar-refractivity contribution is -0.178. The highest BCUT2D eigenvalue weighted by Gasteiger charge is 2.77. The zero-order valence-corrected chi connectivity index (χ0v) is 11.7. The van der Waals surface area contributed by atoms with Crippen molar-refractivity contribution in [1.29, 1.82) is 0 Å². The van der Waals surface area contributed by atoms with Crippen molar-refractivity contribution in [3.05, 3.63) is 11.6 Å². The molecule has 0 aliphatic heterocycles. The monoisotopic (exact) mass is 266 g/mol. The third-order valence-corrected chi connectivity index (χ3v) is 6.35. The van der Waals surface area contributed by atoms with Gasteiger partial charge in [0.2, 0.25) is 0 Å². The Hall–Kier alpha value is -0.870. The van der Waals surface area contributed by atoms with Gasteiger partial charge in [-0.15, -0.1) is 0 Å². The molecule has 2 saturated carbocycles. The first kappa shape index (κ1) is 13.1. The van der Waals surface area contributed by atoms with E-state index in [1.165, 1.54) is 0 Å². The lowest BCUT2D eigenvalue weighted by Crippen LogP contribution is -2.59. The summed E-state index contributed by atoms with van der Waals surface area (Å²) in [6, 6.07) is 0. The lowest BCUT2D eigenvalue weighted by Gasteiger charge is -2.58. The van der Waals surface area contributed by atoms with Gasteiger partial charge >= 0.3 is 5.97 Å². The van der Waals surface area contributed by atoms with Gasteiger partial charge in [-0.2, -0.15) is 0 Å². The fourth-order valence-corrected chi connectivity index (χ4v) is 5.27. The largest absolute Gasteiger partial charge is 0.478 e. The van der Waals surface area contributed by atoms with Crippen molar-refractivity contribution in [2.24, 2.45) is 22.2 Å². The molecule has 4 nitrogen and oxygen atoms in total. The van der Waals surface area contributed by atoms with Crippen LogP contribution in [0.1, 0.15) is 40.0 Å². The lowest BCUT2D eigenvalue weighted by atomic mass is 9.48. The standard InChI is InChI=1S/C15H22O4/c1-13(2)11(17)10(16)7-14(3)5-4-8(12(18)19)9-6-15(9,13)14/h4,9-11,16-17H,5-7H2,1-3H3,(H,18,19). The molecule has 0 saturated heterocycles. The van der Waals surface area contributed by atoms with Crippen molar-refractivity contribution in [3.63, 3.8) is 0 Å². The van der Waals surface area contributed by atoms with Crippen molar-refractivity contribution in [2.45, 2.75) is 52.2 Å². The van der Waals surface area contributed by atoms with Crippen LogP contribution in [0.4, 0.5) is 0 Å². The molecule has 19 heavy (non-hydrogen) atoms. The molecule has 0 radical (unpaired) electrons. The van der Waals surface area contributed by atoms with Gasteiger partial charge < -0.3 is 15.3 Å². The molecular weight excluding hydrogens is 244 g/mol. The Morgan fingerprint density at radius 2 is 1.89 bits per heavy atom. The molecular formula is C15H22O4. The molecule has 3 aliphatic rings. The Balaban J connectivity index is 2.10. The number of aliphatic hydroxyl groups is 2. The molecule has 0 bridgehead atoms. The van der Waals surface area contributed by atoms with Crippen LogP contribution in [0.25, 0.3) is 0 Å². The van der Waals surface area contributed by atoms with Crippen LogP contribution in [-0.4, -0.2) is 33.5 Å². The van der Waals surface area contributed by atoms with Crippen LogP contribution in [0.5, 0.6) is 0 Å². The molecule has 3 rings (SSSR count). The van der Waals surface area contributed by atoms with E-state index in [1.54, 1.807) is 0 Å². The van der Waals surface area contributed by atoms with Crippen LogP contribution >= 0.6 is 0 Å². The SMILES string of the molecule is CC12CC=C(C(=O)O)C3CC31C(C)(C)C(O)C(O)C2. The summed E-state index contributed by atoms with van der Waals surface area (Å²) in [7, 11) is 0.